The summed E-state index contributed by atoms with van der Waals surface area (Å²) in [5.41, 5.74) is 2.99. The lowest BCUT2D eigenvalue weighted by molar-refractivity contribution is 0.983. The first-order valence-corrected chi connectivity index (χ1v) is 6.90. The van der Waals surface area contributed by atoms with Gasteiger partial charge in [-0.1, -0.05) is 13.0 Å². The molecule has 2 aromatic heterocycles. The Balaban J connectivity index is 2.54. The van der Waals surface area contributed by atoms with Crippen LogP contribution in [-0.2, 0) is 6.42 Å². The van der Waals surface area contributed by atoms with E-state index in [4.69, 9.17) is 0 Å². The van der Waals surface area contributed by atoms with E-state index in [-0.39, 0.29) is 0 Å². The highest BCUT2D eigenvalue weighted by Gasteiger charge is 2.11. The minimum atomic E-state index is 0.677. The van der Waals surface area contributed by atoms with Gasteiger partial charge in [0.2, 0.25) is 0 Å². The van der Waals surface area contributed by atoms with Crippen LogP contribution in [0.15, 0.2) is 18.3 Å². The first kappa shape index (κ1) is 13.2. The minimum absolute atomic E-state index is 0.677. The largest absolute Gasteiger partial charge is 0.372 e. The normalized spacial score (nSPS) is 10.4. The molecule has 0 spiro atoms. The maximum atomic E-state index is 4.58. The van der Waals surface area contributed by atoms with Crippen molar-refractivity contribution in [3.63, 3.8) is 0 Å². The number of rotatable bonds is 3. The van der Waals surface area contributed by atoms with Gasteiger partial charge in [-0.05, 0) is 47.6 Å². The molecule has 0 unspecified atom stereocenters. The highest BCUT2D eigenvalue weighted by molar-refractivity contribution is 14.1. The molecule has 0 fully saturated rings. The molecule has 0 radical (unpaired) electrons. The van der Waals surface area contributed by atoms with Crippen LogP contribution in [0.4, 0.5) is 5.82 Å². The first-order valence-electron chi connectivity index (χ1n) is 5.83. The molecule has 18 heavy (non-hydrogen) atoms. The highest BCUT2D eigenvalue weighted by Crippen LogP contribution is 2.23. The van der Waals surface area contributed by atoms with Crippen LogP contribution in [0, 0.1) is 10.5 Å². The Morgan fingerprint density at radius 2 is 2.06 bits per heavy atom. The van der Waals surface area contributed by atoms with Gasteiger partial charge in [-0.15, -0.1) is 0 Å². The third kappa shape index (κ3) is 2.60. The zero-order chi connectivity index (χ0) is 13.1. The summed E-state index contributed by atoms with van der Waals surface area (Å²) in [7, 11) is 1.87. The first-order chi connectivity index (χ1) is 8.65. The number of aromatic nitrogens is 3. The van der Waals surface area contributed by atoms with Gasteiger partial charge in [-0.3, -0.25) is 4.98 Å². The van der Waals surface area contributed by atoms with Gasteiger partial charge in [0.15, 0.2) is 5.82 Å². The number of halogens is 1. The van der Waals surface area contributed by atoms with E-state index in [1.807, 2.05) is 32.3 Å². The number of anilines is 1. The molecule has 0 aromatic carbocycles. The van der Waals surface area contributed by atoms with Gasteiger partial charge in [-0.25, -0.2) is 9.97 Å². The van der Waals surface area contributed by atoms with Crippen molar-refractivity contribution in [1.82, 2.24) is 15.0 Å². The fourth-order valence-corrected chi connectivity index (χ4v) is 2.50. The Bertz CT molecular complexity index is 526. The van der Waals surface area contributed by atoms with Crippen LogP contribution < -0.4 is 5.32 Å². The summed E-state index contributed by atoms with van der Waals surface area (Å²) >= 11 is 2.27. The van der Waals surface area contributed by atoms with Gasteiger partial charge in [0.1, 0.15) is 11.5 Å². The molecule has 2 aromatic rings. The maximum Gasteiger partial charge on any atom is 0.180 e. The molecule has 0 aliphatic heterocycles. The van der Waals surface area contributed by atoms with Crippen molar-refractivity contribution < 1.29 is 0 Å². The Kier molecular flexibility index (Phi) is 4.11. The van der Waals surface area contributed by atoms with Crippen molar-refractivity contribution >= 4 is 28.4 Å². The second kappa shape index (κ2) is 5.60. The summed E-state index contributed by atoms with van der Waals surface area (Å²) in [4.78, 5) is 13.5. The van der Waals surface area contributed by atoms with E-state index in [2.05, 4.69) is 49.8 Å². The van der Waals surface area contributed by atoms with E-state index in [1.54, 1.807) is 0 Å². The SMILES string of the molecule is CCc1nc(-c2ccc(C)cn2)nc(NC)c1I. The molecule has 5 heteroatoms. The molecular formula is C13H15IN4. The molecule has 4 nitrogen and oxygen atoms in total. The van der Waals surface area contributed by atoms with Gasteiger partial charge in [0.25, 0.3) is 0 Å². The average Bonchev–Trinajstić information content (AvgIpc) is 2.40. The quantitative estimate of drug-likeness (QED) is 0.861. The molecule has 0 aliphatic rings. The van der Waals surface area contributed by atoms with Crippen molar-refractivity contribution in [2.45, 2.75) is 20.3 Å². The van der Waals surface area contributed by atoms with Crippen LogP contribution in [0.2, 0.25) is 0 Å². The molecule has 0 saturated carbocycles. The monoisotopic (exact) mass is 354 g/mol. The standard InChI is InChI=1S/C13H15IN4/c1-4-9-11(14)13(15-3)18-12(17-9)10-6-5-8(2)7-16-10/h5-7H,4H2,1-3H3,(H,15,17,18). The van der Waals surface area contributed by atoms with E-state index >= 15 is 0 Å². The van der Waals surface area contributed by atoms with Crippen molar-refractivity contribution in [1.29, 1.82) is 0 Å². The van der Waals surface area contributed by atoms with Crippen LogP contribution >= 0.6 is 22.6 Å². The summed E-state index contributed by atoms with van der Waals surface area (Å²) in [6.07, 6.45) is 2.72. The summed E-state index contributed by atoms with van der Waals surface area (Å²) in [6, 6.07) is 3.98. The van der Waals surface area contributed by atoms with Crippen molar-refractivity contribution in [3.05, 3.63) is 33.2 Å². The average molecular weight is 354 g/mol. The van der Waals surface area contributed by atoms with E-state index in [1.165, 1.54) is 0 Å². The number of aryl methyl sites for hydroxylation is 2. The molecule has 0 saturated heterocycles. The molecular weight excluding hydrogens is 339 g/mol. The summed E-state index contributed by atoms with van der Waals surface area (Å²) < 4.78 is 1.08. The topological polar surface area (TPSA) is 50.7 Å². The second-order valence-corrected chi connectivity index (χ2v) is 5.06. The van der Waals surface area contributed by atoms with Gasteiger partial charge < -0.3 is 5.32 Å². The summed E-state index contributed by atoms with van der Waals surface area (Å²) in [6.45, 7) is 4.11. The number of hydrogen-bond donors (Lipinski definition) is 1. The number of nitrogens with zero attached hydrogens (tertiary/aromatic N) is 3. The molecule has 94 valence electrons. The lowest BCUT2D eigenvalue weighted by Gasteiger charge is -2.09. The van der Waals surface area contributed by atoms with Crippen LogP contribution in [-0.4, -0.2) is 22.0 Å². The molecule has 1 N–H and O–H groups in total. The molecule has 0 aliphatic carbocycles. The molecule has 0 amide bonds. The summed E-state index contributed by atoms with van der Waals surface area (Å²) in [5, 5.41) is 3.11. The predicted octanol–water partition coefficient (Wildman–Crippen LogP) is 3.06. The zero-order valence-corrected chi connectivity index (χ0v) is 12.8. The van der Waals surface area contributed by atoms with Crippen LogP contribution in [0.1, 0.15) is 18.2 Å². The Hall–Kier alpha value is -1.24. The van der Waals surface area contributed by atoms with Crippen LogP contribution in [0.25, 0.3) is 11.5 Å². The van der Waals surface area contributed by atoms with Gasteiger partial charge in [0, 0.05) is 13.2 Å². The Morgan fingerprint density at radius 3 is 2.61 bits per heavy atom. The van der Waals surface area contributed by atoms with Crippen molar-refractivity contribution in [2.75, 3.05) is 12.4 Å². The number of hydrogen-bond acceptors (Lipinski definition) is 4. The highest BCUT2D eigenvalue weighted by atomic mass is 127. The van der Waals surface area contributed by atoms with Crippen molar-refractivity contribution in [3.8, 4) is 11.5 Å². The number of nitrogens with one attached hydrogen (secondary N) is 1. The third-order valence-corrected chi connectivity index (χ3v) is 3.77. The Labute approximate surface area is 120 Å². The van der Waals surface area contributed by atoms with Gasteiger partial charge >= 0.3 is 0 Å². The molecule has 2 rings (SSSR count). The van der Waals surface area contributed by atoms with E-state index in [0.717, 1.165) is 32.8 Å². The van der Waals surface area contributed by atoms with E-state index in [9.17, 15) is 0 Å². The summed E-state index contributed by atoms with van der Waals surface area (Å²) in [5.74, 6) is 1.54. The number of pyridine rings is 1. The maximum absolute atomic E-state index is 4.58. The molecule has 2 heterocycles. The minimum Gasteiger partial charge on any atom is -0.372 e. The fraction of sp³-hybridized carbons (Fsp3) is 0.308. The lowest BCUT2D eigenvalue weighted by Crippen LogP contribution is -2.05. The van der Waals surface area contributed by atoms with E-state index < -0.39 is 0 Å². The van der Waals surface area contributed by atoms with Crippen LogP contribution in [0.5, 0.6) is 0 Å². The van der Waals surface area contributed by atoms with Crippen molar-refractivity contribution in [2.24, 2.45) is 0 Å². The molecule has 0 atom stereocenters. The van der Waals surface area contributed by atoms with E-state index in [0.29, 0.717) is 5.82 Å². The Morgan fingerprint density at radius 1 is 1.28 bits per heavy atom. The smallest absolute Gasteiger partial charge is 0.180 e. The fourth-order valence-electron chi connectivity index (χ4n) is 1.61. The van der Waals surface area contributed by atoms with Gasteiger partial charge in [-0.2, -0.15) is 0 Å². The predicted molar refractivity (Wildman–Crippen MR) is 81.6 cm³/mol. The van der Waals surface area contributed by atoms with Crippen LogP contribution in [0.3, 0.4) is 0 Å². The zero-order valence-electron chi connectivity index (χ0n) is 10.7. The molecule has 0 bridgehead atoms. The third-order valence-electron chi connectivity index (χ3n) is 2.63. The lowest BCUT2D eigenvalue weighted by atomic mass is 10.2. The second-order valence-electron chi connectivity index (χ2n) is 3.98. The van der Waals surface area contributed by atoms with Gasteiger partial charge in [0.05, 0.1) is 9.26 Å².